The molecule has 0 saturated heterocycles. The Morgan fingerprint density at radius 3 is 2.12 bits per heavy atom. The predicted octanol–water partition coefficient (Wildman–Crippen LogP) is -2.21. The number of nitrogens with one attached hydrogen (secondary N) is 1. The van der Waals surface area contributed by atoms with Crippen molar-refractivity contribution in [2.24, 2.45) is 0 Å². The molecular weight excluding hydrogens is 274 g/mol. The standard InChI is InChI=1S/C7H15NO7S2/c1-16(12,13)4-5-17(14,15)8-6(2-3-9)7(10)11/h6,8-9H,2-5H2,1H3,(H,10,11)/t6-/m1/s1. The van der Waals surface area contributed by atoms with Crippen molar-refractivity contribution in [3.63, 3.8) is 0 Å². The van der Waals surface area contributed by atoms with E-state index in [0.29, 0.717) is 0 Å². The van der Waals surface area contributed by atoms with Crippen LogP contribution >= 0.6 is 0 Å². The Hall–Kier alpha value is -0.710. The largest absolute Gasteiger partial charge is 0.480 e. The summed E-state index contributed by atoms with van der Waals surface area (Å²) in [7, 11) is -7.44. The molecule has 0 unspecified atom stereocenters. The molecule has 0 saturated carbocycles. The van der Waals surface area contributed by atoms with Gasteiger partial charge >= 0.3 is 5.97 Å². The Labute approximate surface area is 99.6 Å². The predicted molar refractivity (Wildman–Crippen MR) is 59.8 cm³/mol. The molecule has 102 valence electrons. The van der Waals surface area contributed by atoms with Gasteiger partial charge in [-0.15, -0.1) is 0 Å². The number of rotatable bonds is 8. The smallest absolute Gasteiger partial charge is 0.321 e. The summed E-state index contributed by atoms with van der Waals surface area (Å²) < 4.78 is 46.1. The first-order valence-electron chi connectivity index (χ1n) is 4.59. The van der Waals surface area contributed by atoms with Gasteiger partial charge in [0.15, 0.2) is 0 Å². The molecular formula is C7H15NO7S2. The van der Waals surface area contributed by atoms with Gasteiger partial charge in [0.25, 0.3) is 0 Å². The number of sulfonamides is 1. The van der Waals surface area contributed by atoms with Crippen LogP contribution in [0.5, 0.6) is 0 Å². The average Bonchev–Trinajstić information content (AvgIpc) is 2.13. The molecule has 0 fully saturated rings. The van der Waals surface area contributed by atoms with E-state index in [2.05, 4.69) is 0 Å². The first-order valence-corrected chi connectivity index (χ1v) is 8.30. The molecule has 0 aromatic heterocycles. The monoisotopic (exact) mass is 289 g/mol. The number of carbonyl (C=O) groups is 1. The number of sulfone groups is 1. The van der Waals surface area contributed by atoms with Gasteiger partial charge in [0.1, 0.15) is 15.9 Å². The molecule has 0 aromatic rings. The van der Waals surface area contributed by atoms with E-state index in [1.165, 1.54) is 0 Å². The van der Waals surface area contributed by atoms with Crippen LogP contribution in [0.3, 0.4) is 0 Å². The minimum atomic E-state index is -4.00. The molecule has 10 heteroatoms. The molecule has 0 bridgehead atoms. The molecule has 0 spiro atoms. The maximum atomic E-state index is 11.3. The van der Waals surface area contributed by atoms with Crippen LogP contribution in [0.15, 0.2) is 0 Å². The van der Waals surface area contributed by atoms with Gasteiger partial charge in [-0.3, -0.25) is 4.79 Å². The van der Waals surface area contributed by atoms with E-state index >= 15 is 0 Å². The average molecular weight is 289 g/mol. The lowest BCUT2D eigenvalue weighted by molar-refractivity contribution is -0.139. The van der Waals surface area contributed by atoms with Gasteiger partial charge in [0, 0.05) is 12.9 Å². The first-order chi connectivity index (χ1) is 7.57. The molecule has 0 radical (unpaired) electrons. The maximum absolute atomic E-state index is 11.3. The number of carboxylic acid groups (broad SMARTS) is 1. The molecule has 0 amide bonds. The molecule has 0 heterocycles. The third-order valence-corrected chi connectivity index (χ3v) is 4.35. The van der Waals surface area contributed by atoms with Crippen LogP contribution in [0.4, 0.5) is 0 Å². The highest BCUT2D eigenvalue weighted by Gasteiger charge is 2.24. The van der Waals surface area contributed by atoms with Crippen LogP contribution < -0.4 is 4.72 Å². The van der Waals surface area contributed by atoms with Crippen LogP contribution in [-0.4, -0.2) is 63.4 Å². The van der Waals surface area contributed by atoms with Crippen LogP contribution in [0.2, 0.25) is 0 Å². The molecule has 0 aliphatic heterocycles. The molecule has 1 atom stereocenters. The summed E-state index contributed by atoms with van der Waals surface area (Å²) in [5.41, 5.74) is 0. The topological polar surface area (TPSA) is 138 Å². The Kier molecular flexibility index (Phi) is 6.02. The third kappa shape index (κ3) is 8.07. The number of hydrogen-bond acceptors (Lipinski definition) is 6. The summed E-state index contributed by atoms with van der Waals surface area (Å²) in [4.78, 5) is 10.6. The summed E-state index contributed by atoms with van der Waals surface area (Å²) in [6.45, 7) is -0.494. The van der Waals surface area contributed by atoms with E-state index in [1.807, 2.05) is 4.72 Å². The molecule has 0 rings (SSSR count). The SMILES string of the molecule is CS(=O)(=O)CCS(=O)(=O)N[C@H](CCO)C(=O)O. The second-order valence-corrected chi connectivity index (χ2v) is 7.60. The van der Waals surface area contributed by atoms with Crippen molar-refractivity contribution in [3.8, 4) is 0 Å². The second-order valence-electron chi connectivity index (χ2n) is 3.47. The lowest BCUT2D eigenvalue weighted by Crippen LogP contribution is -2.43. The lowest BCUT2D eigenvalue weighted by atomic mass is 10.2. The van der Waals surface area contributed by atoms with Gasteiger partial charge in [-0.25, -0.2) is 21.6 Å². The van der Waals surface area contributed by atoms with Crippen molar-refractivity contribution in [1.29, 1.82) is 0 Å². The van der Waals surface area contributed by atoms with Crippen LogP contribution in [0.25, 0.3) is 0 Å². The lowest BCUT2D eigenvalue weighted by Gasteiger charge is -2.13. The summed E-state index contributed by atoms with van der Waals surface area (Å²) in [5, 5.41) is 17.2. The fourth-order valence-corrected chi connectivity index (χ4v) is 3.76. The highest BCUT2D eigenvalue weighted by molar-refractivity contribution is 7.93. The van der Waals surface area contributed by atoms with Gasteiger partial charge in [0.05, 0.1) is 11.5 Å². The molecule has 8 nitrogen and oxygen atoms in total. The van der Waals surface area contributed by atoms with Gasteiger partial charge < -0.3 is 10.2 Å². The summed E-state index contributed by atoms with van der Waals surface area (Å²) in [6.07, 6.45) is 0.596. The van der Waals surface area contributed by atoms with Gasteiger partial charge in [-0.2, -0.15) is 0 Å². The van der Waals surface area contributed by atoms with Crippen molar-refractivity contribution < 1.29 is 31.8 Å². The normalized spacial score (nSPS) is 14.5. The maximum Gasteiger partial charge on any atom is 0.321 e. The molecule has 0 aliphatic rings. The van der Waals surface area contributed by atoms with E-state index in [9.17, 15) is 21.6 Å². The van der Waals surface area contributed by atoms with Crippen LogP contribution in [0, 0.1) is 0 Å². The van der Waals surface area contributed by atoms with Crippen LogP contribution in [-0.2, 0) is 24.7 Å². The summed E-state index contributed by atoms with van der Waals surface area (Å²) >= 11 is 0. The van der Waals surface area contributed by atoms with Gasteiger partial charge in [-0.05, 0) is 6.42 Å². The van der Waals surface area contributed by atoms with E-state index < -0.39 is 50.0 Å². The highest BCUT2D eigenvalue weighted by Crippen LogP contribution is 1.97. The zero-order chi connectivity index (χ0) is 13.7. The van der Waals surface area contributed by atoms with E-state index in [0.717, 1.165) is 6.26 Å². The number of aliphatic hydroxyl groups excluding tert-OH is 1. The summed E-state index contributed by atoms with van der Waals surface area (Å²) in [6, 6.07) is -1.45. The molecule has 0 aromatic carbocycles. The quantitative estimate of drug-likeness (QED) is 0.460. The number of aliphatic carboxylic acids is 1. The van der Waals surface area contributed by atoms with Crippen molar-refractivity contribution in [1.82, 2.24) is 4.72 Å². The first kappa shape index (κ1) is 16.3. The molecule has 0 aliphatic carbocycles. The second kappa shape index (κ2) is 6.28. The van der Waals surface area contributed by atoms with E-state index in [1.54, 1.807) is 0 Å². The van der Waals surface area contributed by atoms with Crippen LogP contribution in [0.1, 0.15) is 6.42 Å². The Morgan fingerprint density at radius 1 is 1.24 bits per heavy atom. The van der Waals surface area contributed by atoms with E-state index in [-0.39, 0.29) is 6.42 Å². The minimum absolute atomic E-state index is 0.284. The summed E-state index contributed by atoms with van der Waals surface area (Å²) in [5.74, 6) is -2.73. The van der Waals surface area contributed by atoms with Crippen molar-refractivity contribution in [3.05, 3.63) is 0 Å². The van der Waals surface area contributed by atoms with Crippen molar-refractivity contribution >= 4 is 25.8 Å². The number of carboxylic acids is 1. The highest BCUT2D eigenvalue weighted by atomic mass is 32.2. The minimum Gasteiger partial charge on any atom is -0.480 e. The zero-order valence-corrected chi connectivity index (χ0v) is 10.8. The Bertz CT molecular complexity index is 453. The Balaban J connectivity index is 4.57. The Morgan fingerprint density at radius 2 is 1.76 bits per heavy atom. The third-order valence-electron chi connectivity index (χ3n) is 1.76. The van der Waals surface area contributed by atoms with Gasteiger partial charge in [0.2, 0.25) is 10.0 Å². The zero-order valence-electron chi connectivity index (χ0n) is 9.16. The molecule has 17 heavy (non-hydrogen) atoms. The van der Waals surface area contributed by atoms with Crippen molar-refractivity contribution in [2.75, 3.05) is 24.4 Å². The van der Waals surface area contributed by atoms with E-state index in [4.69, 9.17) is 10.2 Å². The fraction of sp³-hybridized carbons (Fsp3) is 0.857. The number of aliphatic hydroxyl groups is 1. The number of hydrogen-bond donors (Lipinski definition) is 3. The fourth-order valence-electron chi connectivity index (χ4n) is 0.899. The van der Waals surface area contributed by atoms with Crippen molar-refractivity contribution in [2.45, 2.75) is 12.5 Å². The van der Waals surface area contributed by atoms with Gasteiger partial charge in [-0.1, -0.05) is 0 Å². The molecule has 3 N–H and O–H groups in total.